The number of aromatic nitrogens is 4. The van der Waals surface area contributed by atoms with Gasteiger partial charge in [0.2, 0.25) is 10.0 Å². The minimum Gasteiger partial charge on any atom is -0.335 e. The molecule has 1 aliphatic rings. The van der Waals surface area contributed by atoms with E-state index in [9.17, 15) is 13.2 Å². The number of aromatic amines is 1. The van der Waals surface area contributed by atoms with Crippen LogP contribution >= 0.6 is 11.6 Å². The number of hydrogen-bond acceptors (Lipinski definition) is 5. The summed E-state index contributed by atoms with van der Waals surface area (Å²) in [5.74, 6) is -0.286. The number of piperazine rings is 1. The van der Waals surface area contributed by atoms with Gasteiger partial charge < -0.3 is 4.90 Å². The van der Waals surface area contributed by atoms with Crippen molar-refractivity contribution in [3.05, 3.63) is 29.3 Å². The minimum atomic E-state index is -3.59. The normalized spacial score (nSPS) is 16.7. The van der Waals surface area contributed by atoms with Gasteiger partial charge in [-0.25, -0.2) is 8.42 Å². The first-order valence-electron chi connectivity index (χ1n) is 6.86. The lowest BCUT2D eigenvalue weighted by Crippen LogP contribution is -2.50. The van der Waals surface area contributed by atoms with Crippen molar-refractivity contribution in [1.82, 2.24) is 29.2 Å². The number of nitrogens with one attached hydrogen (secondary N) is 1. The summed E-state index contributed by atoms with van der Waals surface area (Å²) in [7, 11) is -1.93. The second kappa shape index (κ2) is 5.95. The van der Waals surface area contributed by atoms with E-state index in [2.05, 4.69) is 15.3 Å². The van der Waals surface area contributed by atoms with Crippen LogP contribution in [0.3, 0.4) is 0 Å². The molecule has 0 unspecified atom stereocenters. The zero-order valence-corrected chi connectivity index (χ0v) is 13.9. The topological polar surface area (TPSA) is 104 Å². The average molecular weight is 359 g/mol. The third kappa shape index (κ3) is 2.96. The summed E-state index contributed by atoms with van der Waals surface area (Å²) in [5, 5.41) is 10.4. The van der Waals surface area contributed by atoms with E-state index in [1.54, 1.807) is 11.9 Å². The number of aryl methyl sites for hydroxylation is 1. The molecular formula is C12H15ClN6O3S. The molecule has 2 aromatic heterocycles. The zero-order chi connectivity index (χ0) is 16.6. The highest BCUT2D eigenvalue weighted by molar-refractivity contribution is 7.89. The molecular weight excluding hydrogens is 344 g/mol. The Morgan fingerprint density at radius 1 is 1.26 bits per heavy atom. The molecule has 0 saturated carbocycles. The molecule has 11 heteroatoms. The first-order valence-corrected chi connectivity index (χ1v) is 8.68. The van der Waals surface area contributed by atoms with Crippen LogP contribution in [0, 0.1) is 0 Å². The van der Waals surface area contributed by atoms with Crippen LogP contribution in [0.15, 0.2) is 23.5 Å². The van der Waals surface area contributed by atoms with Crippen LogP contribution in [-0.4, -0.2) is 69.7 Å². The van der Waals surface area contributed by atoms with Gasteiger partial charge in [0.1, 0.15) is 10.6 Å². The second-order valence-electron chi connectivity index (χ2n) is 5.14. The van der Waals surface area contributed by atoms with Crippen molar-refractivity contribution in [1.29, 1.82) is 0 Å². The van der Waals surface area contributed by atoms with Crippen LogP contribution in [0.5, 0.6) is 0 Å². The molecule has 0 aromatic carbocycles. The molecule has 1 aliphatic heterocycles. The molecule has 0 atom stereocenters. The molecule has 0 radical (unpaired) electrons. The number of carbonyl (C=O) groups excluding carboxylic acids is 1. The largest absolute Gasteiger partial charge is 0.335 e. The third-order valence-electron chi connectivity index (χ3n) is 3.65. The van der Waals surface area contributed by atoms with Gasteiger partial charge in [0.25, 0.3) is 5.91 Å². The lowest BCUT2D eigenvalue weighted by Gasteiger charge is -2.33. The van der Waals surface area contributed by atoms with Gasteiger partial charge in [-0.2, -0.15) is 14.5 Å². The highest BCUT2D eigenvalue weighted by Crippen LogP contribution is 2.19. The third-order valence-corrected chi connectivity index (χ3v) is 5.79. The van der Waals surface area contributed by atoms with E-state index in [0.29, 0.717) is 0 Å². The molecule has 3 rings (SSSR count). The first kappa shape index (κ1) is 16.0. The Kier molecular flexibility index (Phi) is 4.13. The molecule has 3 heterocycles. The Morgan fingerprint density at radius 2 is 1.96 bits per heavy atom. The minimum absolute atomic E-state index is 0.149. The molecule has 1 saturated heterocycles. The monoisotopic (exact) mass is 358 g/mol. The first-order chi connectivity index (χ1) is 10.9. The van der Waals surface area contributed by atoms with Gasteiger partial charge in [0, 0.05) is 39.4 Å². The van der Waals surface area contributed by atoms with Gasteiger partial charge in [-0.15, -0.1) is 0 Å². The fourth-order valence-corrected chi connectivity index (χ4v) is 3.97. The number of rotatable bonds is 3. The number of carbonyl (C=O) groups is 1. The summed E-state index contributed by atoms with van der Waals surface area (Å²) in [6, 6.07) is 0. The molecule has 0 aliphatic carbocycles. The summed E-state index contributed by atoms with van der Waals surface area (Å²) in [5.41, 5.74) is 0.218. The smallest absolute Gasteiger partial charge is 0.273 e. The Balaban J connectivity index is 1.69. The maximum absolute atomic E-state index is 12.5. The SMILES string of the molecule is Cn1cc(S(=O)(=O)N2CCN(C(=O)c3[nH]ncc3Cl)CC2)cn1. The maximum atomic E-state index is 12.5. The fourth-order valence-electron chi connectivity index (χ4n) is 2.39. The predicted molar refractivity (Wildman–Crippen MR) is 81.5 cm³/mol. The number of sulfonamides is 1. The number of halogens is 1. The van der Waals surface area contributed by atoms with E-state index in [1.165, 1.54) is 27.6 Å². The van der Waals surface area contributed by atoms with Crippen molar-refractivity contribution in [3.63, 3.8) is 0 Å². The highest BCUT2D eigenvalue weighted by atomic mass is 35.5. The van der Waals surface area contributed by atoms with Crippen molar-refractivity contribution in [2.75, 3.05) is 26.2 Å². The average Bonchev–Trinajstić information content (AvgIpc) is 3.15. The lowest BCUT2D eigenvalue weighted by molar-refractivity contribution is 0.0692. The van der Waals surface area contributed by atoms with Gasteiger partial charge in [0.05, 0.1) is 17.4 Å². The molecule has 1 N–H and O–H groups in total. The Bertz CT molecular complexity index is 821. The Hall–Kier alpha value is -1.91. The van der Waals surface area contributed by atoms with Crippen LogP contribution in [0.25, 0.3) is 0 Å². The number of nitrogens with zero attached hydrogens (tertiary/aromatic N) is 5. The zero-order valence-electron chi connectivity index (χ0n) is 12.3. The van der Waals surface area contributed by atoms with Crippen molar-refractivity contribution >= 4 is 27.5 Å². The number of hydrogen-bond donors (Lipinski definition) is 1. The van der Waals surface area contributed by atoms with E-state index < -0.39 is 10.0 Å². The summed E-state index contributed by atoms with van der Waals surface area (Å²) in [6.07, 6.45) is 4.13. The van der Waals surface area contributed by atoms with Crippen molar-refractivity contribution in [3.8, 4) is 0 Å². The fraction of sp³-hybridized carbons (Fsp3) is 0.417. The van der Waals surface area contributed by atoms with Gasteiger partial charge >= 0.3 is 0 Å². The van der Waals surface area contributed by atoms with Crippen LogP contribution in [0.1, 0.15) is 10.5 Å². The molecule has 9 nitrogen and oxygen atoms in total. The summed E-state index contributed by atoms with van der Waals surface area (Å²) >= 11 is 5.88. The van der Waals surface area contributed by atoms with Crippen molar-refractivity contribution in [2.24, 2.45) is 7.05 Å². The molecule has 124 valence electrons. The number of H-pyrrole nitrogens is 1. The quantitative estimate of drug-likeness (QED) is 0.828. The van der Waals surface area contributed by atoms with Crippen molar-refractivity contribution in [2.45, 2.75) is 4.90 Å². The molecule has 0 spiro atoms. The molecule has 23 heavy (non-hydrogen) atoms. The summed E-state index contributed by atoms with van der Waals surface area (Å²) in [4.78, 5) is 14.0. The van der Waals surface area contributed by atoms with Crippen molar-refractivity contribution < 1.29 is 13.2 Å². The van der Waals surface area contributed by atoms with Crippen LogP contribution in [-0.2, 0) is 17.1 Å². The summed E-state index contributed by atoms with van der Waals surface area (Å²) in [6.45, 7) is 1.00. The molecule has 0 bridgehead atoms. The maximum Gasteiger partial charge on any atom is 0.273 e. The predicted octanol–water partition coefficient (Wildman–Crippen LogP) is -0.0567. The van der Waals surface area contributed by atoms with E-state index in [4.69, 9.17) is 11.6 Å². The van der Waals surface area contributed by atoms with E-state index in [1.807, 2.05) is 0 Å². The highest BCUT2D eigenvalue weighted by Gasteiger charge is 2.32. The van der Waals surface area contributed by atoms with E-state index in [0.717, 1.165) is 0 Å². The Morgan fingerprint density at radius 3 is 2.48 bits per heavy atom. The number of amides is 1. The summed E-state index contributed by atoms with van der Waals surface area (Å²) < 4.78 is 27.8. The van der Waals surface area contributed by atoms with Gasteiger partial charge in [-0.3, -0.25) is 14.6 Å². The van der Waals surface area contributed by atoms with Crippen LogP contribution < -0.4 is 0 Å². The van der Waals surface area contributed by atoms with Crippen LogP contribution in [0.4, 0.5) is 0 Å². The van der Waals surface area contributed by atoms with Gasteiger partial charge in [-0.05, 0) is 0 Å². The lowest BCUT2D eigenvalue weighted by atomic mass is 10.3. The molecule has 1 fully saturated rings. The van der Waals surface area contributed by atoms with Gasteiger partial charge in [-0.1, -0.05) is 11.6 Å². The standard InChI is InChI=1S/C12H15ClN6O3S/c1-17-8-9(6-15-17)23(21,22)19-4-2-18(3-5-19)12(20)11-10(13)7-14-16-11/h6-8H,2-5H2,1H3,(H,14,16). The molecule has 1 amide bonds. The Labute approximate surface area is 137 Å². The molecule has 2 aromatic rings. The van der Waals surface area contributed by atoms with Crippen LogP contribution in [0.2, 0.25) is 5.02 Å². The second-order valence-corrected chi connectivity index (χ2v) is 7.48. The van der Waals surface area contributed by atoms with E-state index >= 15 is 0 Å². The van der Waals surface area contributed by atoms with Gasteiger partial charge in [0.15, 0.2) is 0 Å². The van der Waals surface area contributed by atoms with E-state index in [-0.39, 0.29) is 47.7 Å².